The zero-order valence-electron chi connectivity index (χ0n) is 11.6. The number of carbonyl (C=O) groups excluding carboxylic acids is 1. The number of halogens is 2. The van der Waals surface area contributed by atoms with E-state index in [0.29, 0.717) is 23.2 Å². The first-order chi connectivity index (χ1) is 9.47. The highest BCUT2D eigenvalue weighted by molar-refractivity contribution is 14.1. The molecule has 20 heavy (non-hydrogen) atoms. The molecule has 0 saturated heterocycles. The Kier molecular flexibility index (Phi) is 5.31. The van der Waals surface area contributed by atoms with Crippen molar-refractivity contribution in [2.45, 2.75) is 32.6 Å². The maximum atomic E-state index is 12.6. The normalized spacial score (nSPS) is 26.3. The molecule has 1 fully saturated rings. The summed E-state index contributed by atoms with van der Waals surface area (Å²) in [5, 5.41) is 3.53. The summed E-state index contributed by atoms with van der Waals surface area (Å²) in [6, 6.07) is 5.62. The van der Waals surface area contributed by atoms with Crippen molar-refractivity contribution in [3.63, 3.8) is 0 Å². The van der Waals surface area contributed by atoms with Crippen molar-refractivity contribution < 1.29 is 4.79 Å². The molecular formula is C15H20ClIN2O. The predicted molar refractivity (Wildman–Crippen MR) is 91.9 cm³/mol. The van der Waals surface area contributed by atoms with Gasteiger partial charge in [-0.05, 0) is 72.4 Å². The Bertz CT molecular complexity index is 499. The first-order valence-corrected chi connectivity index (χ1v) is 8.39. The number of nitrogens with two attached hydrogens (primary N) is 1. The third-order valence-electron chi connectivity index (χ3n) is 4.28. The number of nitrogens with one attached hydrogen (secondary N) is 1. The van der Waals surface area contributed by atoms with Gasteiger partial charge in [-0.1, -0.05) is 18.5 Å². The molecule has 0 atom stereocenters. The molecule has 0 unspecified atom stereocenters. The van der Waals surface area contributed by atoms with Gasteiger partial charge in [-0.2, -0.15) is 0 Å². The summed E-state index contributed by atoms with van der Waals surface area (Å²) in [6.07, 6.45) is 3.84. The van der Waals surface area contributed by atoms with E-state index in [0.717, 1.165) is 29.3 Å². The Labute approximate surface area is 138 Å². The monoisotopic (exact) mass is 406 g/mol. The Morgan fingerprint density at radius 1 is 1.50 bits per heavy atom. The Balaban J connectivity index is 2.13. The number of hydrogen-bond donors (Lipinski definition) is 2. The fourth-order valence-corrected chi connectivity index (χ4v) is 3.59. The van der Waals surface area contributed by atoms with Crippen LogP contribution in [0.3, 0.4) is 0 Å². The second-order valence-electron chi connectivity index (χ2n) is 5.75. The number of hydrogen-bond acceptors (Lipinski definition) is 2. The van der Waals surface area contributed by atoms with Gasteiger partial charge in [0.05, 0.1) is 16.1 Å². The van der Waals surface area contributed by atoms with E-state index >= 15 is 0 Å². The summed E-state index contributed by atoms with van der Waals surface area (Å²) in [5.74, 6) is 0.694. The molecule has 5 heteroatoms. The molecule has 2 rings (SSSR count). The van der Waals surface area contributed by atoms with E-state index in [-0.39, 0.29) is 5.91 Å². The smallest absolute Gasteiger partial charge is 0.231 e. The number of carbonyl (C=O) groups is 1. The van der Waals surface area contributed by atoms with E-state index in [9.17, 15) is 4.79 Å². The molecule has 0 aromatic heterocycles. The van der Waals surface area contributed by atoms with Crippen LogP contribution < -0.4 is 11.1 Å². The first-order valence-electron chi connectivity index (χ1n) is 6.93. The molecule has 3 N–H and O–H groups in total. The van der Waals surface area contributed by atoms with Crippen LogP contribution >= 0.6 is 34.2 Å². The van der Waals surface area contributed by atoms with E-state index in [4.69, 9.17) is 17.3 Å². The van der Waals surface area contributed by atoms with Crippen LogP contribution in [0.25, 0.3) is 0 Å². The van der Waals surface area contributed by atoms with Crippen molar-refractivity contribution >= 4 is 45.8 Å². The van der Waals surface area contributed by atoms with Crippen LogP contribution in [0.2, 0.25) is 5.02 Å². The Hall–Kier alpha value is -0.330. The molecule has 1 aromatic carbocycles. The second-order valence-corrected chi connectivity index (χ2v) is 7.40. The van der Waals surface area contributed by atoms with Crippen LogP contribution in [0.15, 0.2) is 18.2 Å². The molecule has 1 amide bonds. The fraction of sp³-hybridized carbons (Fsp3) is 0.533. The fourth-order valence-electron chi connectivity index (χ4n) is 2.68. The molecule has 0 radical (unpaired) electrons. The number of rotatable bonds is 3. The van der Waals surface area contributed by atoms with Crippen molar-refractivity contribution in [1.82, 2.24) is 0 Å². The lowest BCUT2D eigenvalue weighted by Gasteiger charge is -2.37. The van der Waals surface area contributed by atoms with Crippen molar-refractivity contribution in [3.05, 3.63) is 26.8 Å². The molecule has 1 aliphatic carbocycles. The zero-order chi connectivity index (χ0) is 14.8. The molecule has 1 saturated carbocycles. The van der Waals surface area contributed by atoms with Crippen molar-refractivity contribution in [2.24, 2.45) is 17.1 Å². The van der Waals surface area contributed by atoms with E-state index in [1.807, 2.05) is 18.2 Å². The minimum atomic E-state index is -0.432. The highest BCUT2D eigenvalue weighted by atomic mass is 127. The van der Waals surface area contributed by atoms with Gasteiger partial charge in [0.1, 0.15) is 0 Å². The lowest BCUT2D eigenvalue weighted by molar-refractivity contribution is -0.127. The van der Waals surface area contributed by atoms with Crippen LogP contribution in [0.1, 0.15) is 32.6 Å². The van der Waals surface area contributed by atoms with Gasteiger partial charge in [-0.15, -0.1) is 0 Å². The molecule has 0 bridgehead atoms. The third kappa shape index (κ3) is 3.46. The third-order valence-corrected chi connectivity index (χ3v) is 5.27. The van der Waals surface area contributed by atoms with Crippen LogP contribution in [0.4, 0.5) is 5.69 Å². The highest BCUT2D eigenvalue weighted by Crippen LogP contribution is 2.39. The van der Waals surface area contributed by atoms with Gasteiger partial charge in [-0.25, -0.2) is 0 Å². The van der Waals surface area contributed by atoms with Crippen LogP contribution in [0.5, 0.6) is 0 Å². The molecule has 0 spiro atoms. The van der Waals surface area contributed by atoms with Gasteiger partial charge in [0, 0.05) is 10.1 Å². The van der Waals surface area contributed by atoms with E-state index < -0.39 is 5.41 Å². The number of amides is 1. The van der Waals surface area contributed by atoms with Crippen molar-refractivity contribution in [1.29, 1.82) is 0 Å². The summed E-state index contributed by atoms with van der Waals surface area (Å²) >= 11 is 8.37. The van der Waals surface area contributed by atoms with Gasteiger partial charge >= 0.3 is 0 Å². The second kappa shape index (κ2) is 6.62. The molecular weight excluding hydrogens is 387 g/mol. The van der Waals surface area contributed by atoms with Crippen LogP contribution in [-0.2, 0) is 4.79 Å². The van der Waals surface area contributed by atoms with Gasteiger partial charge in [0.25, 0.3) is 0 Å². The average Bonchev–Trinajstić information content (AvgIpc) is 2.43. The summed E-state index contributed by atoms with van der Waals surface area (Å²) in [4.78, 5) is 12.6. The van der Waals surface area contributed by atoms with E-state index in [2.05, 4.69) is 34.8 Å². The standard InChI is InChI=1S/C15H20ClIN2O/c1-10-4-6-15(9-18,7-5-10)14(20)19-13-3-2-11(17)8-12(13)16/h2-3,8,10H,4-7,9,18H2,1H3,(H,19,20). The molecule has 1 aliphatic rings. The van der Waals surface area contributed by atoms with Gasteiger partial charge in [0.2, 0.25) is 5.91 Å². The molecule has 0 aliphatic heterocycles. The van der Waals surface area contributed by atoms with Gasteiger partial charge in [0.15, 0.2) is 0 Å². The number of benzene rings is 1. The summed E-state index contributed by atoms with van der Waals surface area (Å²) in [5.41, 5.74) is 6.14. The molecule has 3 nitrogen and oxygen atoms in total. The molecule has 110 valence electrons. The maximum absolute atomic E-state index is 12.6. The summed E-state index contributed by atoms with van der Waals surface area (Å²) in [7, 11) is 0. The average molecular weight is 407 g/mol. The Morgan fingerprint density at radius 2 is 2.15 bits per heavy atom. The van der Waals surface area contributed by atoms with E-state index in [1.165, 1.54) is 0 Å². The minimum absolute atomic E-state index is 0.00927. The lowest BCUT2D eigenvalue weighted by atomic mass is 9.70. The highest BCUT2D eigenvalue weighted by Gasteiger charge is 2.39. The maximum Gasteiger partial charge on any atom is 0.231 e. The van der Waals surface area contributed by atoms with Gasteiger partial charge in [-0.3, -0.25) is 4.79 Å². The molecule has 0 heterocycles. The number of anilines is 1. The lowest BCUT2D eigenvalue weighted by Crippen LogP contribution is -2.44. The van der Waals surface area contributed by atoms with Crippen molar-refractivity contribution in [2.75, 3.05) is 11.9 Å². The Morgan fingerprint density at radius 3 is 2.70 bits per heavy atom. The van der Waals surface area contributed by atoms with Crippen molar-refractivity contribution in [3.8, 4) is 0 Å². The summed E-state index contributed by atoms with van der Waals surface area (Å²) < 4.78 is 1.05. The van der Waals surface area contributed by atoms with Crippen LogP contribution in [-0.4, -0.2) is 12.5 Å². The first kappa shape index (κ1) is 16.0. The quantitative estimate of drug-likeness (QED) is 0.744. The zero-order valence-corrected chi connectivity index (χ0v) is 14.5. The minimum Gasteiger partial charge on any atom is -0.329 e. The van der Waals surface area contributed by atoms with Crippen LogP contribution in [0, 0.1) is 14.9 Å². The van der Waals surface area contributed by atoms with Gasteiger partial charge < -0.3 is 11.1 Å². The molecule has 1 aromatic rings. The van der Waals surface area contributed by atoms with E-state index in [1.54, 1.807) is 0 Å². The topological polar surface area (TPSA) is 55.1 Å². The largest absolute Gasteiger partial charge is 0.329 e. The SMILES string of the molecule is CC1CCC(CN)(C(=O)Nc2ccc(I)cc2Cl)CC1. The summed E-state index contributed by atoms with van der Waals surface area (Å²) in [6.45, 7) is 2.63. The predicted octanol–water partition coefficient (Wildman–Crippen LogP) is 4.04.